The van der Waals surface area contributed by atoms with Crippen molar-refractivity contribution in [3.8, 4) is 5.75 Å². The Bertz CT molecular complexity index is 414. The van der Waals surface area contributed by atoms with Crippen LogP contribution in [0.3, 0.4) is 0 Å². The maximum Gasteiger partial charge on any atom is 0.192 e. The van der Waals surface area contributed by atoms with Gasteiger partial charge in [0, 0.05) is 6.20 Å². The Morgan fingerprint density at radius 1 is 1.44 bits per heavy atom. The van der Waals surface area contributed by atoms with Crippen molar-refractivity contribution < 1.29 is 9.94 Å². The van der Waals surface area contributed by atoms with Crippen molar-refractivity contribution in [3.63, 3.8) is 0 Å². The van der Waals surface area contributed by atoms with E-state index >= 15 is 0 Å². The van der Waals surface area contributed by atoms with E-state index in [0.29, 0.717) is 24.0 Å². The van der Waals surface area contributed by atoms with Gasteiger partial charge < -0.3 is 15.7 Å². The molecule has 0 bridgehead atoms. The smallest absolute Gasteiger partial charge is 0.192 e. The zero-order valence-electron chi connectivity index (χ0n) is 10.4. The van der Waals surface area contributed by atoms with Crippen LogP contribution < -0.4 is 10.5 Å². The van der Waals surface area contributed by atoms with E-state index in [-0.39, 0.29) is 5.84 Å². The number of oxime groups is 1. The fraction of sp³-hybridized carbons (Fsp3) is 0.538. The van der Waals surface area contributed by atoms with Gasteiger partial charge in [0.1, 0.15) is 5.75 Å². The predicted molar refractivity (Wildman–Crippen MR) is 68.8 cm³/mol. The first-order valence-corrected chi connectivity index (χ1v) is 6.37. The monoisotopic (exact) mass is 249 g/mol. The van der Waals surface area contributed by atoms with Crippen LogP contribution in [0.25, 0.3) is 0 Å². The summed E-state index contributed by atoms with van der Waals surface area (Å²) in [6.07, 6.45) is 7.94. The van der Waals surface area contributed by atoms with Gasteiger partial charge in [0.2, 0.25) is 0 Å². The summed E-state index contributed by atoms with van der Waals surface area (Å²) in [5.41, 5.74) is 5.96. The van der Waals surface area contributed by atoms with Crippen molar-refractivity contribution in [1.82, 2.24) is 4.98 Å². The zero-order chi connectivity index (χ0) is 12.8. The number of nitrogens with zero attached hydrogens (tertiary/aromatic N) is 2. The molecule has 98 valence electrons. The summed E-state index contributed by atoms with van der Waals surface area (Å²) in [6.45, 7) is 0.678. The molecule has 5 heteroatoms. The third kappa shape index (κ3) is 3.12. The third-order valence-electron chi connectivity index (χ3n) is 3.32. The molecule has 1 saturated carbocycles. The van der Waals surface area contributed by atoms with Crippen molar-refractivity contribution in [2.75, 3.05) is 6.61 Å². The molecule has 0 spiro atoms. The number of rotatable bonds is 4. The second kappa shape index (κ2) is 6.23. The van der Waals surface area contributed by atoms with Crippen LogP contribution in [0.2, 0.25) is 0 Å². The van der Waals surface area contributed by atoms with Crippen LogP contribution in [-0.2, 0) is 0 Å². The molecule has 0 amide bonds. The lowest BCUT2D eigenvalue weighted by molar-refractivity contribution is 0.208. The number of aromatic nitrogens is 1. The van der Waals surface area contributed by atoms with Crippen molar-refractivity contribution in [3.05, 3.63) is 24.0 Å². The second-order valence-corrected chi connectivity index (χ2v) is 4.65. The first-order valence-electron chi connectivity index (χ1n) is 6.37. The molecule has 0 atom stereocenters. The number of amidine groups is 1. The van der Waals surface area contributed by atoms with Gasteiger partial charge in [-0.1, -0.05) is 24.4 Å². The lowest BCUT2D eigenvalue weighted by Crippen LogP contribution is -2.19. The van der Waals surface area contributed by atoms with E-state index in [0.717, 1.165) is 0 Å². The van der Waals surface area contributed by atoms with Crippen LogP contribution in [0.5, 0.6) is 5.75 Å². The number of pyridine rings is 1. The van der Waals surface area contributed by atoms with Gasteiger partial charge in [0.15, 0.2) is 11.5 Å². The summed E-state index contributed by atoms with van der Waals surface area (Å²) < 4.78 is 5.77. The predicted octanol–water partition coefficient (Wildman–Crippen LogP) is 2.14. The molecule has 1 aromatic heterocycles. The van der Waals surface area contributed by atoms with Gasteiger partial charge >= 0.3 is 0 Å². The van der Waals surface area contributed by atoms with Gasteiger partial charge in [-0.15, -0.1) is 0 Å². The fourth-order valence-corrected chi connectivity index (χ4v) is 2.31. The van der Waals surface area contributed by atoms with Gasteiger partial charge in [0.05, 0.1) is 6.61 Å². The third-order valence-corrected chi connectivity index (χ3v) is 3.32. The van der Waals surface area contributed by atoms with Gasteiger partial charge in [-0.3, -0.25) is 0 Å². The maximum absolute atomic E-state index is 8.70. The minimum Gasteiger partial charge on any atom is -0.491 e. The Morgan fingerprint density at radius 2 is 2.22 bits per heavy atom. The molecule has 0 aliphatic heterocycles. The number of nitrogens with two attached hydrogens (primary N) is 1. The maximum atomic E-state index is 8.70. The Balaban J connectivity index is 2.00. The molecule has 1 heterocycles. The van der Waals surface area contributed by atoms with E-state index in [2.05, 4.69) is 10.1 Å². The van der Waals surface area contributed by atoms with Crippen LogP contribution in [0.1, 0.15) is 37.8 Å². The van der Waals surface area contributed by atoms with Crippen molar-refractivity contribution >= 4 is 5.84 Å². The first-order chi connectivity index (χ1) is 8.81. The van der Waals surface area contributed by atoms with E-state index in [1.165, 1.54) is 32.1 Å². The normalized spacial score (nSPS) is 17.7. The van der Waals surface area contributed by atoms with Crippen LogP contribution in [0, 0.1) is 5.92 Å². The fourth-order valence-electron chi connectivity index (χ4n) is 2.31. The number of hydrogen-bond donors (Lipinski definition) is 2. The minimum atomic E-state index is -0.0192. The lowest BCUT2D eigenvalue weighted by atomic mass is 9.90. The highest BCUT2D eigenvalue weighted by Crippen LogP contribution is 2.25. The summed E-state index contributed by atoms with van der Waals surface area (Å²) in [5.74, 6) is 1.17. The molecule has 0 saturated heterocycles. The van der Waals surface area contributed by atoms with Crippen molar-refractivity contribution in [2.45, 2.75) is 32.1 Å². The van der Waals surface area contributed by atoms with Gasteiger partial charge in [-0.2, -0.15) is 0 Å². The number of ether oxygens (including phenoxy) is 1. The molecule has 18 heavy (non-hydrogen) atoms. The second-order valence-electron chi connectivity index (χ2n) is 4.65. The summed E-state index contributed by atoms with van der Waals surface area (Å²) >= 11 is 0. The van der Waals surface area contributed by atoms with E-state index in [1.807, 2.05) is 0 Å². The van der Waals surface area contributed by atoms with Crippen molar-refractivity contribution in [2.24, 2.45) is 16.8 Å². The van der Waals surface area contributed by atoms with Crippen LogP contribution >= 0.6 is 0 Å². The largest absolute Gasteiger partial charge is 0.491 e. The minimum absolute atomic E-state index is 0.0192. The summed E-state index contributed by atoms with van der Waals surface area (Å²) in [6, 6.07) is 3.58. The van der Waals surface area contributed by atoms with Gasteiger partial charge in [-0.05, 0) is 30.9 Å². The topological polar surface area (TPSA) is 80.7 Å². The molecule has 5 nitrogen and oxygen atoms in total. The molecule has 0 radical (unpaired) electrons. The molecule has 1 aromatic rings. The summed E-state index contributed by atoms with van der Waals surface area (Å²) in [5, 5.41) is 11.7. The highest BCUT2D eigenvalue weighted by atomic mass is 16.5. The zero-order valence-corrected chi connectivity index (χ0v) is 10.4. The molecule has 1 aliphatic carbocycles. The lowest BCUT2D eigenvalue weighted by Gasteiger charge is -2.22. The van der Waals surface area contributed by atoms with Crippen LogP contribution in [0.4, 0.5) is 0 Å². The number of hydrogen-bond acceptors (Lipinski definition) is 4. The van der Waals surface area contributed by atoms with Crippen LogP contribution in [-0.4, -0.2) is 22.6 Å². The Labute approximate surface area is 107 Å². The highest BCUT2D eigenvalue weighted by molar-refractivity contribution is 5.97. The van der Waals surface area contributed by atoms with Gasteiger partial charge in [-0.25, -0.2) is 4.98 Å². The average molecular weight is 249 g/mol. The molecular formula is C13H19N3O2. The summed E-state index contributed by atoms with van der Waals surface area (Å²) in [7, 11) is 0. The molecule has 1 aliphatic rings. The van der Waals surface area contributed by atoms with E-state index in [9.17, 15) is 0 Å². The van der Waals surface area contributed by atoms with E-state index in [1.54, 1.807) is 18.3 Å². The Morgan fingerprint density at radius 3 is 2.94 bits per heavy atom. The molecule has 3 N–H and O–H groups in total. The Hall–Kier alpha value is -1.78. The van der Waals surface area contributed by atoms with E-state index < -0.39 is 0 Å². The van der Waals surface area contributed by atoms with Gasteiger partial charge in [0.25, 0.3) is 0 Å². The Kier molecular flexibility index (Phi) is 4.39. The SMILES string of the molecule is N/C(=N/O)c1ncccc1OCC1CCCCC1. The van der Waals surface area contributed by atoms with Crippen LogP contribution in [0.15, 0.2) is 23.5 Å². The van der Waals surface area contributed by atoms with E-state index in [4.69, 9.17) is 15.7 Å². The quantitative estimate of drug-likeness (QED) is 0.371. The molecule has 2 rings (SSSR count). The summed E-state index contributed by atoms with van der Waals surface area (Å²) in [4.78, 5) is 4.07. The molecular weight excluding hydrogens is 230 g/mol. The molecule has 0 unspecified atom stereocenters. The standard InChI is InChI=1S/C13H19N3O2/c14-13(16-17)12-11(7-4-8-15-12)18-9-10-5-2-1-3-6-10/h4,7-8,10,17H,1-3,5-6,9H2,(H2,14,16). The average Bonchev–Trinajstić information content (AvgIpc) is 2.45. The molecule has 0 aromatic carbocycles. The highest BCUT2D eigenvalue weighted by Gasteiger charge is 2.16. The van der Waals surface area contributed by atoms with Crippen molar-refractivity contribution in [1.29, 1.82) is 0 Å². The molecule has 1 fully saturated rings. The first kappa shape index (κ1) is 12.7.